The maximum Gasteiger partial charge on any atom is 0.251 e. The number of alkyl halides is 1. The molecule has 1 aromatic carbocycles. The second-order valence-electron chi connectivity index (χ2n) is 3.76. The van der Waals surface area contributed by atoms with E-state index in [2.05, 4.69) is 5.32 Å². The van der Waals surface area contributed by atoms with Crippen LogP contribution in [0.5, 0.6) is 5.75 Å². The third-order valence-corrected chi connectivity index (χ3v) is 2.58. The van der Waals surface area contributed by atoms with Gasteiger partial charge in [-0.05, 0) is 24.6 Å². The molecule has 0 saturated heterocycles. The molecule has 0 aromatic heterocycles. The van der Waals surface area contributed by atoms with Gasteiger partial charge in [-0.1, -0.05) is 6.07 Å². The van der Waals surface area contributed by atoms with Crippen molar-refractivity contribution in [3.8, 4) is 5.75 Å². The summed E-state index contributed by atoms with van der Waals surface area (Å²) in [5.41, 5.74) is 1.14. The number of methoxy groups -OCH3 is 1. The molecular weight excluding hydrogens is 242 g/mol. The fraction of sp³-hybridized carbons (Fsp3) is 0.417. The van der Waals surface area contributed by atoms with Gasteiger partial charge in [0.05, 0.1) is 12.0 Å². The first kappa shape index (κ1) is 13.8. The van der Waals surface area contributed by atoms with Crippen molar-refractivity contribution in [2.45, 2.75) is 12.3 Å². The van der Waals surface area contributed by atoms with E-state index in [1.165, 1.54) is 6.07 Å². The van der Waals surface area contributed by atoms with Crippen LogP contribution in [-0.4, -0.2) is 36.7 Å². The monoisotopic (exact) mass is 257 g/mol. The van der Waals surface area contributed by atoms with E-state index in [1.807, 2.05) is 0 Å². The fourth-order valence-corrected chi connectivity index (χ4v) is 1.50. The molecule has 1 amide bonds. The summed E-state index contributed by atoms with van der Waals surface area (Å²) in [4.78, 5) is 11.7. The van der Waals surface area contributed by atoms with Crippen molar-refractivity contribution in [3.63, 3.8) is 0 Å². The number of aryl methyl sites for hydroxylation is 1. The first-order valence-electron chi connectivity index (χ1n) is 5.25. The van der Waals surface area contributed by atoms with Crippen LogP contribution in [0.2, 0.25) is 0 Å². The van der Waals surface area contributed by atoms with Crippen LogP contribution in [0, 0.1) is 6.92 Å². The lowest BCUT2D eigenvalue weighted by atomic mass is 10.1. The van der Waals surface area contributed by atoms with E-state index in [0.29, 0.717) is 18.7 Å². The molecule has 1 rings (SSSR count). The smallest absolute Gasteiger partial charge is 0.251 e. The molecule has 0 heterocycles. The molecule has 0 bridgehead atoms. The van der Waals surface area contributed by atoms with Crippen LogP contribution >= 0.6 is 11.6 Å². The number of carbonyl (C=O) groups is 1. The average Bonchev–Trinajstić information content (AvgIpc) is 2.30. The number of carbonyl (C=O) groups excluding carboxylic acids is 1. The summed E-state index contributed by atoms with van der Waals surface area (Å²) in [5, 5.41) is 11.9. The molecule has 5 heteroatoms. The number of aromatic hydroxyl groups is 1. The Morgan fingerprint density at radius 1 is 1.59 bits per heavy atom. The van der Waals surface area contributed by atoms with E-state index >= 15 is 0 Å². The molecule has 0 radical (unpaired) electrons. The molecule has 94 valence electrons. The SMILES string of the molecule is COCC(Cl)CNC(=O)c1ccc(C)c(O)c1. The highest BCUT2D eigenvalue weighted by atomic mass is 35.5. The molecule has 0 saturated carbocycles. The molecule has 1 unspecified atom stereocenters. The van der Waals surface area contributed by atoms with Crippen molar-refractivity contribution >= 4 is 17.5 Å². The molecule has 1 atom stereocenters. The summed E-state index contributed by atoms with van der Waals surface area (Å²) in [7, 11) is 1.55. The van der Waals surface area contributed by atoms with Crippen molar-refractivity contribution in [1.82, 2.24) is 5.32 Å². The fourth-order valence-electron chi connectivity index (χ4n) is 1.30. The highest BCUT2D eigenvalue weighted by Gasteiger charge is 2.10. The van der Waals surface area contributed by atoms with Gasteiger partial charge < -0.3 is 15.2 Å². The second kappa shape index (κ2) is 6.47. The van der Waals surface area contributed by atoms with E-state index in [9.17, 15) is 9.90 Å². The van der Waals surface area contributed by atoms with Crippen molar-refractivity contribution in [3.05, 3.63) is 29.3 Å². The van der Waals surface area contributed by atoms with Gasteiger partial charge in [-0.3, -0.25) is 4.79 Å². The topological polar surface area (TPSA) is 58.6 Å². The van der Waals surface area contributed by atoms with Gasteiger partial charge in [-0.15, -0.1) is 11.6 Å². The van der Waals surface area contributed by atoms with E-state index < -0.39 is 0 Å². The quantitative estimate of drug-likeness (QED) is 0.789. The number of benzene rings is 1. The number of halogens is 1. The van der Waals surface area contributed by atoms with Crippen LogP contribution < -0.4 is 5.32 Å². The Labute approximate surface area is 106 Å². The van der Waals surface area contributed by atoms with Gasteiger partial charge in [-0.25, -0.2) is 0 Å². The first-order valence-corrected chi connectivity index (χ1v) is 5.69. The van der Waals surface area contributed by atoms with Crippen LogP contribution in [0.25, 0.3) is 0 Å². The molecule has 1 aromatic rings. The number of ether oxygens (including phenoxy) is 1. The second-order valence-corrected chi connectivity index (χ2v) is 4.38. The maximum atomic E-state index is 11.7. The molecule has 0 fully saturated rings. The van der Waals surface area contributed by atoms with E-state index in [0.717, 1.165) is 5.56 Å². The Morgan fingerprint density at radius 2 is 2.29 bits per heavy atom. The molecule has 0 aliphatic rings. The van der Waals surface area contributed by atoms with Crippen LogP contribution in [0.15, 0.2) is 18.2 Å². The number of nitrogens with one attached hydrogen (secondary N) is 1. The molecule has 0 spiro atoms. The number of phenols is 1. The molecule has 17 heavy (non-hydrogen) atoms. The van der Waals surface area contributed by atoms with Gasteiger partial charge >= 0.3 is 0 Å². The summed E-state index contributed by atoms with van der Waals surface area (Å²) >= 11 is 5.88. The summed E-state index contributed by atoms with van der Waals surface area (Å²) in [6.45, 7) is 2.47. The zero-order chi connectivity index (χ0) is 12.8. The lowest BCUT2D eigenvalue weighted by molar-refractivity contribution is 0.0949. The van der Waals surface area contributed by atoms with Crippen LogP contribution in [0.1, 0.15) is 15.9 Å². The van der Waals surface area contributed by atoms with Gasteiger partial charge in [0.2, 0.25) is 0 Å². The number of hydrogen-bond acceptors (Lipinski definition) is 3. The Bertz CT molecular complexity index is 395. The highest BCUT2D eigenvalue weighted by Crippen LogP contribution is 2.17. The Kier molecular flexibility index (Phi) is 5.25. The van der Waals surface area contributed by atoms with Crippen molar-refractivity contribution in [2.24, 2.45) is 0 Å². The minimum absolute atomic E-state index is 0.108. The first-order chi connectivity index (χ1) is 8.04. The lowest BCUT2D eigenvalue weighted by Crippen LogP contribution is -2.31. The average molecular weight is 258 g/mol. The van der Waals surface area contributed by atoms with Gasteiger partial charge in [0, 0.05) is 19.2 Å². The van der Waals surface area contributed by atoms with Gasteiger partial charge in [-0.2, -0.15) is 0 Å². The van der Waals surface area contributed by atoms with E-state index in [1.54, 1.807) is 26.2 Å². The van der Waals surface area contributed by atoms with Crippen molar-refractivity contribution in [2.75, 3.05) is 20.3 Å². The highest BCUT2D eigenvalue weighted by molar-refractivity contribution is 6.21. The summed E-state index contributed by atoms with van der Waals surface area (Å²) in [6, 6.07) is 4.78. The maximum absolute atomic E-state index is 11.7. The van der Waals surface area contributed by atoms with Gasteiger partial charge in [0.15, 0.2) is 0 Å². The summed E-state index contributed by atoms with van der Waals surface area (Å²) in [5.74, 6) is -0.154. The van der Waals surface area contributed by atoms with E-state index in [-0.39, 0.29) is 17.0 Å². The van der Waals surface area contributed by atoms with Crippen LogP contribution in [0.4, 0.5) is 0 Å². The third-order valence-electron chi connectivity index (χ3n) is 2.30. The number of phenolic OH excluding ortho intramolecular Hbond substituents is 1. The minimum atomic E-state index is -0.262. The molecule has 0 aliphatic carbocycles. The predicted octanol–water partition coefficient (Wildman–Crippen LogP) is 1.68. The van der Waals surface area contributed by atoms with Crippen molar-refractivity contribution < 1.29 is 14.6 Å². The van der Waals surface area contributed by atoms with E-state index in [4.69, 9.17) is 16.3 Å². The summed E-state index contributed by atoms with van der Waals surface area (Å²) < 4.78 is 4.85. The Balaban J connectivity index is 2.55. The van der Waals surface area contributed by atoms with Crippen LogP contribution in [-0.2, 0) is 4.74 Å². The molecular formula is C12H16ClNO3. The minimum Gasteiger partial charge on any atom is -0.508 e. The molecule has 0 aliphatic heterocycles. The third kappa shape index (κ3) is 4.24. The summed E-state index contributed by atoms with van der Waals surface area (Å²) in [6.07, 6.45) is 0. The normalized spacial score (nSPS) is 12.2. The predicted molar refractivity (Wildman–Crippen MR) is 66.7 cm³/mol. The molecule has 2 N–H and O–H groups in total. The van der Waals surface area contributed by atoms with Gasteiger partial charge in [0.25, 0.3) is 5.91 Å². The van der Waals surface area contributed by atoms with Crippen molar-refractivity contribution in [1.29, 1.82) is 0 Å². The number of amides is 1. The Hall–Kier alpha value is -1.26. The standard InChI is InChI=1S/C12H16ClNO3/c1-8-3-4-9(5-11(8)15)12(16)14-6-10(13)7-17-2/h3-5,10,15H,6-7H2,1-2H3,(H,14,16). The lowest BCUT2D eigenvalue weighted by Gasteiger charge is -2.10. The number of hydrogen-bond donors (Lipinski definition) is 2. The van der Waals surface area contributed by atoms with Crippen LogP contribution in [0.3, 0.4) is 0 Å². The van der Waals surface area contributed by atoms with Gasteiger partial charge in [0.1, 0.15) is 5.75 Å². The zero-order valence-corrected chi connectivity index (χ0v) is 10.6. The number of rotatable bonds is 5. The largest absolute Gasteiger partial charge is 0.508 e. The molecule has 4 nitrogen and oxygen atoms in total. The zero-order valence-electron chi connectivity index (χ0n) is 9.87. The Morgan fingerprint density at radius 3 is 2.88 bits per heavy atom.